The van der Waals surface area contributed by atoms with Gasteiger partial charge in [0.1, 0.15) is 0 Å². The summed E-state index contributed by atoms with van der Waals surface area (Å²) in [4.78, 5) is 0. The maximum Gasteiger partial charge on any atom is 0.00470 e. The Morgan fingerprint density at radius 1 is 1.00 bits per heavy atom. The fourth-order valence-electron chi connectivity index (χ4n) is 2.01. The summed E-state index contributed by atoms with van der Waals surface area (Å²) in [6.45, 7) is 2.28. The molecule has 0 atom stereocenters. The van der Waals surface area contributed by atoms with Gasteiger partial charge in [-0.25, -0.2) is 0 Å². The summed E-state index contributed by atoms with van der Waals surface area (Å²) in [5.74, 6) is 1.42. The molecular formula is C12H24S. The molecule has 0 nitrogen and oxygen atoms in total. The van der Waals surface area contributed by atoms with E-state index < -0.39 is 0 Å². The van der Waals surface area contributed by atoms with E-state index in [-0.39, 0.29) is 0 Å². The highest BCUT2D eigenvalue weighted by Crippen LogP contribution is 2.29. The van der Waals surface area contributed by atoms with Gasteiger partial charge in [0.25, 0.3) is 0 Å². The Hall–Kier alpha value is 0.350. The van der Waals surface area contributed by atoms with Crippen molar-refractivity contribution < 1.29 is 0 Å². The summed E-state index contributed by atoms with van der Waals surface area (Å²) < 4.78 is 0. The van der Waals surface area contributed by atoms with Gasteiger partial charge in [-0.2, -0.15) is 11.8 Å². The standard InChI is InChI=1S/C12H24S/c1-2-3-4-5-8-11-13-12-9-6-7-10-12/h12H,2-11H2,1H3. The first kappa shape index (κ1) is 11.4. The number of hydrogen-bond acceptors (Lipinski definition) is 1. The Morgan fingerprint density at radius 3 is 2.38 bits per heavy atom. The highest BCUT2D eigenvalue weighted by molar-refractivity contribution is 7.99. The molecule has 13 heavy (non-hydrogen) atoms. The molecule has 0 heterocycles. The van der Waals surface area contributed by atoms with Crippen LogP contribution in [-0.4, -0.2) is 11.0 Å². The Morgan fingerprint density at radius 2 is 1.69 bits per heavy atom. The maximum absolute atomic E-state index is 2.28. The molecule has 0 spiro atoms. The van der Waals surface area contributed by atoms with E-state index in [1.54, 1.807) is 0 Å². The summed E-state index contributed by atoms with van der Waals surface area (Å²) in [5.41, 5.74) is 0. The molecule has 0 amide bonds. The highest BCUT2D eigenvalue weighted by atomic mass is 32.2. The first-order chi connectivity index (χ1) is 6.43. The Bertz CT molecular complexity index is 106. The second-order valence-electron chi connectivity index (χ2n) is 4.19. The average molecular weight is 200 g/mol. The molecule has 0 saturated heterocycles. The van der Waals surface area contributed by atoms with Crippen LogP contribution in [0, 0.1) is 0 Å². The molecule has 1 heteroatoms. The topological polar surface area (TPSA) is 0 Å². The van der Waals surface area contributed by atoms with Crippen LogP contribution >= 0.6 is 11.8 Å². The van der Waals surface area contributed by atoms with Gasteiger partial charge in [-0.05, 0) is 25.0 Å². The number of hydrogen-bond donors (Lipinski definition) is 0. The summed E-state index contributed by atoms with van der Waals surface area (Å²) in [6.07, 6.45) is 13.2. The van der Waals surface area contributed by atoms with Gasteiger partial charge in [-0.15, -0.1) is 0 Å². The molecule has 0 aromatic heterocycles. The molecule has 1 fully saturated rings. The zero-order valence-electron chi connectivity index (χ0n) is 9.06. The summed E-state index contributed by atoms with van der Waals surface area (Å²) in [7, 11) is 0. The van der Waals surface area contributed by atoms with E-state index in [1.165, 1.54) is 63.5 Å². The van der Waals surface area contributed by atoms with Crippen LogP contribution < -0.4 is 0 Å². The minimum Gasteiger partial charge on any atom is -0.159 e. The second-order valence-corrected chi connectivity index (χ2v) is 5.60. The van der Waals surface area contributed by atoms with Gasteiger partial charge in [0, 0.05) is 5.25 Å². The Labute approximate surface area is 87.9 Å². The second kappa shape index (κ2) is 7.73. The molecule has 1 saturated carbocycles. The fraction of sp³-hybridized carbons (Fsp3) is 1.00. The third-order valence-corrected chi connectivity index (χ3v) is 4.37. The van der Waals surface area contributed by atoms with Gasteiger partial charge < -0.3 is 0 Å². The lowest BCUT2D eigenvalue weighted by Gasteiger charge is -2.07. The van der Waals surface area contributed by atoms with E-state index in [1.807, 2.05) is 0 Å². The van der Waals surface area contributed by atoms with Crippen molar-refractivity contribution in [3.8, 4) is 0 Å². The SMILES string of the molecule is CCCCCCCSC1CCCC1. The van der Waals surface area contributed by atoms with Crippen LogP contribution in [0.15, 0.2) is 0 Å². The van der Waals surface area contributed by atoms with Gasteiger partial charge in [-0.3, -0.25) is 0 Å². The molecule has 1 aliphatic rings. The third-order valence-electron chi connectivity index (χ3n) is 2.90. The normalized spacial score (nSPS) is 18.2. The zero-order valence-corrected chi connectivity index (χ0v) is 9.87. The van der Waals surface area contributed by atoms with Crippen molar-refractivity contribution in [3.63, 3.8) is 0 Å². The van der Waals surface area contributed by atoms with Gasteiger partial charge in [0.05, 0.1) is 0 Å². The molecule has 0 aromatic rings. The minimum atomic E-state index is 1.03. The van der Waals surface area contributed by atoms with E-state index in [0.29, 0.717) is 0 Å². The van der Waals surface area contributed by atoms with Crippen LogP contribution in [0.1, 0.15) is 64.7 Å². The molecule has 1 aliphatic carbocycles. The van der Waals surface area contributed by atoms with Crippen LogP contribution in [-0.2, 0) is 0 Å². The predicted molar refractivity (Wildman–Crippen MR) is 63.5 cm³/mol. The van der Waals surface area contributed by atoms with Crippen LogP contribution in [0.5, 0.6) is 0 Å². The van der Waals surface area contributed by atoms with Crippen LogP contribution in [0.2, 0.25) is 0 Å². The van der Waals surface area contributed by atoms with Crippen molar-refractivity contribution in [1.29, 1.82) is 0 Å². The molecule has 78 valence electrons. The minimum absolute atomic E-state index is 1.03. The van der Waals surface area contributed by atoms with Crippen molar-refractivity contribution in [2.24, 2.45) is 0 Å². The fourth-order valence-corrected chi connectivity index (χ4v) is 3.38. The molecule has 0 unspecified atom stereocenters. The molecule has 0 radical (unpaired) electrons. The lowest BCUT2D eigenvalue weighted by Crippen LogP contribution is -1.95. The molecule has 0 aliphatic heterocycles. The molecule has 0 bridgehead atoms. The lowest BCUT2D eigenvalue weighted by atomic mass is 10.2. The van der Waals surface area contributed by atoms with E-state index in [4.69, 9.17) is 0 Å². The first-order valence-corrected chi connectivity index (χ1v) is 7.10. The number of rotatable bonds is 7. The van der Waals surface area contributed by atoms with E-state index in [9.17, 15) is 0 Å². The van der Waals surface area contributed by atoms with Gasteiger partial charge in [0.2, 0.25) is 0 Å². The van der Waals surface area contributed by atoms with Gasteiger partial charge >= 0.3 is 0 Å². The highest BCUT2D eigenvalue weighted by Gasteiger charge is 2.14. The van der Waals surface area contributed by atoms with Crippen molar-refractivity contribution >= 4 is 11.8 Å². The van der Waals surface area contributed by atoms with Crippen LogP contribution in [0.4, 0.5) is 0 Å². The smallest absolute Gasteiger partial charge is 0.00470 e. The summed E-state index contributed by atoms with van der Waals surface area (Å²) >= 11 is 2.24. The van der Waals surface area contributed by atoms with E-state index in [0.717, 1.165) is 5.25 Å². The van der Waals surface area contributed by atoms with Gasteiger partial charge in [-0.1, -0.05) is 45.4 Å². The molecule has 0 aromatic carbocycles. The molecular weight excluding hydrogens is 176 g/mol. The lowest BCUT2D eigenvalue weighted by molar-refractivity contribution is 0.659. The van der Waals surface area contributed by atoms with E-state index >= 15 is 0 Å². The molecule has 0 N–H and O–H groups in total. The Kier molecular flexibility index (Phi) is 6.79. The monoisotopic (exact) mass is 200 g/mol. The van der Waals surface area contributed by atoms with Crippen LogP contribution in [0.25, 0.3) is 0 Å². The van der Waals surface area contributed by atoms with Crippen molar-refractivity contribution in [1.82, 2.24) is 0 Å². The third kappa shape index (κ3) is 5.61. The van der Waals surface area contributed by atoms with Crippen molar-refractivity contribution in [3.05, 3.63) is 0 Å². The maximum atomic E-state index is 2.28. The largest absolute Gasteiger partial charge is 0.159 e. The molecule has 1 rings (SSSR count). The summed E-state index contributed by atoms with van der Waals surface area (Å²) in [6, 6.07) is 0. The average Bonchev–Trinajstić information content (AvgIpc) is 2.63. The van der Waals surface area contributed by atoms with E-state index in [2.05, 4.69) is 18.7 Å². The van der Waals surface area contributed by atoms with Crippen molar-refractivity contribution in [2.45, 2.75) is 70.0 Å². The van der Waals surface area contributed by atoms with Crippen LogP contribution in [0.3, 0.4) is 0 Å². The predicted octanol–water partition coefficient (Wildman–Crippen LogP) is 4.63. The Balaban J connectivity index is 1.78. The quantitative estimate of drug-likeness (QED) is 0.540. The number of thioether (sulfide) groups is 1. The first-order valence-electron chi connectivity index (χ1n) is 6.05. The van der Waals surface area contributed by atoms with Crippen molar-refractivity contribution in [2.75, 3.05) is 5.75 Å². The zero-order chi connectivity index (χ0) is 9.36. The van der Waals surface area contributed by atoms with Gasteiger partial charge in [0.15, 0.2) is 0 Å². The summed E-state index contributed by atoms with van der Waals surface area (Å²) in [5, 5.41) is 1.03. The number of unbranched alkanes of at least 4 members (excludes halogenated alkanes) is 4.